The van der Waals surface area contributed by atoms with E-state index in [1.807, 2.05) is 6.07 Å². The molecule has 0 radical (unpaired) electrons. The molecule has 94 valence electrons. The monoisotopic (exact) mass is 310 g/mol. The third-order valence-electron chi connectivity index (χ3n) is 2.33. The van der Waals surface area contributed by atoms with Crippen molar-refractivity contribution in [3.8, 4) is 5.69 Å². The van der Waals surface area contributed by atoms with Gasteiger partial charge < -0.3 is 4.74 Å². The van der Waals surface area contributed by atoms with Crippen LogP contribution in [0.3, 0.4) is 0 Å². The van der Waals surface area contributed by atoms with Crippen molar-refractivity contribution in [1.82, 2.24) is 9.78 Å². The Labute approximate surface area is 111 Å². The summed E-state index contributed by atoms with van der Waals surface area (Å²) >= 11 is 3.32. The Bertz CT molecular complexity index is 630. The second-order valence-corrected chi connectivity index (χ2v) is 4.44. The van der Waals surface area contributed by atoms with Crippen molar-refractivity contribution in [2.24, 2.45) is 0 Å². The minimum Gasteiger partial charge on any atom is -0.462 e. The summed E-state index contributed by atoms with van der Waals surface area (Å²) in [6.45, 7) is 1.93. The highest BCUT2D eigenvalue weighted by Gasteiger charge is 2.16. The third-order valence-corrected chi connectivity index (χ3v) is 2.83. The van der Waals surface area contributed by atoms with Crippen LogP contribution in [0.2, 0.25) is 0 Å². The number of H-pyrrole nitrogens is 1. The van der Waals surface area contributed by atoms with Crippen molar-refractivity contribution >= 4 is 21.9 Å². The topological polar surface area (TPSA) is 64.1 Å². The van der Waals surface area contributed by atoms with Crippen LogP contribution in [-0.2, 0) is 4.74 Å². The molecule has 18 heavy (non-hydrogen) atoms. The van der Waals surface area contributed by atoms with Crippen LogP contribution in [0.1, 0.15) is 17.3 Å². The van der Waals surface area contributed by atoms with E-state index in [4.69, 9.17) is 4.74 Å². The van der Waals surface area contributed by atoms with E-state index in [0.29, 0.717) is 5.69 Å². The van der Waals surface area contributed by atoms with Gasteiger partial charge in [-0.2, -0.15) is 0 Å². The van der Waals surface area contributed by atoms with Crippen molar-refractivity contribution in [2.75, 3.05) is 6.61 Å². The highest BCUT2D eigenvalue weighted by molar-refractivity contribution is 9.10. The molecule has 1 N–H and O–H groups in total. The number of benzene rings is 1. The molecule has 2 aromatic rings. The molecule has 0 saturated carbocycles. The number of rotatable bonds is 3. The lowest BCUT2D eigenvalue weighted by atomic mass is 10.3. The molecule has 0 aliphatic heterocycles. The molecule has 1 aromatic carbocycles. The number of esters is 1. The summed E-state index contributed by atoms with van der Waals surface area (Å²) in [5.41, 5.74) is 0.216. The number of hydrogen-bond acceptors (Lipinski definition) is 3. The number of carbonyl (C=O) groups is 1. The van der Waals surface area contributed by atoms with Crippen molar-refractivity contribution in [1.29, 1.82) is 0 Å². The lowest BCUT2D eigenvalue weighted by Gasteiger charge is -2.01. The first-order valence-electron chi connectivity index (χ1n) is 5.37. The minimum absolute atomic E-state index is 0.00294. The second kappa shape index (κ2) is 5.22. The summed E-state index contributed by atoms with van der Waals surface area (Å²) in [7, 11) is 0. The summed E-state index contributed by atoms with van der Waals surface area (Å²) < 4.78 is 6.94. The number of halogens is 1. The van der Waals surface area contributed by atoms with Crippen LogP contribution in [-0.4, -0.2) is 22.4 Å². The van der Waals surface area contributed by atoms with Crippen molar-refractivity contribution < 1.29 is 9.53 Å². The fourth-order valence-electron chi connectivity index (χ4n) is 1.53. The average Bonchev–Trinajstić information content (AvgIpc) is 2.71. The zero-order valence-electron chi connectivity index (χ0n) is 9.64. The SMILES string of the molecule is CCOC(=O)c1c[nH]n(-c2cccc(Br)c2)c1=O. The molecule has 1 aromatic heterocycles. The largest absolute Gasteiger partial charge is 0.462 e. The van der Waals surface area contributed by atoms with Gasteiger partial charge in [-0.15, -0.1) is 0 Å². The van der Waals surface area contributed by atoms with E-state index in [0.717, 1.165) is 4.47 Å². The smallest absolute Gasteiger partial charge is 0.345 e. The predicted molar refractivity (Wildman–Crippen MR) is 70.0 cm³/mol. The van der Waals surface area contributed by atoms with Gasteiger partial charge in [-0.25, -0.2) is 9.48 Å². The van der Waals surface area contributed by atoms with Gasteiger partial charge in [0, 0.05) is 10.7 Å². The fraction of sp³-hybridized carbons (Fsp3) is 0.167. The first-order chi connectivity index (χ1) is 8.63. The molecule has 6 heteroatoms. The van der Waals surface area contributed by atoms with E-state index in [9.17, 15) is 9.59 Å². The summed E-state index contributed by atoms with van der Waals surface area (Å²) in [5, 5.41) is 2.74. The Kier molecular flexibility index (Phi) is 3.66. The Morgan fingerprint density at radius 2 is 2.28 bits per heavy atom. The maximum absolute atomic E-state index is 12.0. The molecule has 0 atom stereocenters. The number of ether oxygens (including phenoxy) is 1. The highest BCUT2D eigenvalue weighted by Crippen LogP contribution is 2.13. The minimum atomic E-state index is -0.618. The van der Waals surface area contributed by atoms with E-state index in [1.165, 1.54) is 10.9 Å². The lowest BCUT2D eigenvalue weighted by Crippen LogP contribution is -2.21. The molecule has 1 heterocycles. The molecule has 0 fully saturated rings. The first kappa shape index (κ1) is 12.6. The highest BCUT2D eigenvalue weighted by atomic mass is 79.9. The average molecular weight is 311 g/mol. The fourth-order valence-corrected chi connectivity index (χ4v) is 1.92. The van der Waals surface area contributed by atoms with Crippen LogP contribution < -0.4 is 5.56 Å². The second-order valence-electron chi connectivity index (χ2n) is 3.53. The Morgan fingerprint density at radius 1 is 1.50 bits per heavy atom. The number of hydrogen-bond donors (Lipinski definition) is 1. The summed E-state index contributed by atoms with van der Waals surface area (Å²) in [6.07, 6.45) is 1.35. The zero-order chi connectivity index (χ0) is 13.1. The molecule has 0 unspecified atom stereocenters. The van der Waals surface area contributed by atoms with E-state index in [2.05, 4.69) is 21.0 Å². The van der Waals surface area contributed by atoms with Gasteiger partial charge in [0.25, 0.3) is 5.56 Å². The van der Waals surface area contributed by atoms with E-state index >= 15 is 0 Å². The Morgan fingerprint density at radius 3 is 2.94 bits per heavy atom. The van der Waals surface area contributed by atoms with Gasteiger partial charge in [0.1, 0.15) is 5.56 Å². The van der Waals surface area contributed by atoms with Gasteiger partial charge in [0.2, 0.25) is 0 Å². The molecule has 0 aliphatic carbocycles. The van der Waals surface area contributed by atoms with Crippen LogP contribution >= 0.6 is 15.9 Å². The number of carbonyl (C=O) groups excluding carboxylic acids is 1. The molecular formula is C12H11BrN2O3. The van der Waals surface area contributed by atoms with Gasteiger partial charge >= 0.3 is 5.97 Å². The third kappa shape index (κ3) is 2.38. The van der Waals surface area contributed by atoms with Crippen LogP contribution in [0.25, 0.3) is 5.69 Å². The maximum atomic E-state index is 12.0. The summed E-state index contributed by atoms with van der Waals surface area (Å²) in [5.74, 6) is -0.618. The summed E-state index contributed by atoms with van der Waals surface area (Å²) in [4.78, 5) is 23.5. The standard InChI is InChI=1S/C12H11BrN2O3/c1-2-18-12(17)10-7-14-15(11(10)16)9-5-3-4-8(13)6-9/h3-7,14H,2H2,1H3. The van der Waals surface area contributed by atoms with Crippen LogP contribution in [0.4, 0.5) is 0 Å². The molecular weight excluding hydrogens is 300 g/mol. The van der Waals surface area contributed by atoms with Crippen molar-refractivity contribution in [2.45, 2.75) is 6.92 Å². The first-order valence-corrected chi connectivity index (χ1v) is 6.16. The molecule has 5 nitrogen and oxygen atoms in total. The molecule has 0 bridgehead atoms. The molecule has 2 rings (SSSR count). The van der Waals surface area contributed by atoms with Crippen molar-refractivity contribution in [3.05, 3.63) is 50.9 Å². The number of nitrogens with one attached hydrogen (secondary N) is 1. The molecule has 0 amide bonds. The van der Waals surface area contributed by atoms with Gasteiger partial charge in [-0.1, -0.05) is 22.0 Å². The number of nitrogens with zero attached hydrogens (tertiary/aromatic N) is 1. The lowest BCUT2D eigenvalue weighted by molar-refractivity contribution is 0.0525. The number of aromatic nitrogens is 2. The Hall–Kier alpha value is -1.82. The van der Waals surface area contributed by atoms with E-state index < -0.39 is 11.5 Å². The van der Waals surface area contributed by atoms with Gasteiger partial charge in [-0.3, -0.25) is 9.89 Å². The van der Waals surface area contributed by atoms with Crippen LogP contribution in [0, 0.1) is 0 Å². The van der Waals surface area contributed by atoms with Crippen LogP contribution in [0.5, 0.6) is 0 Å². The normalized spacial score (nSPS) is 10.3. The van der Waals surface area contributed by atoms with Gasteiger partial charge in [-0.05, 0) is 25.1 Å². The van der Waals surface area contributed by atoms with Gasteiger partial charge in [0.05, 0.1) is 12.3 Å². The zero-order valence-corrected chi connectivity index (χ0v) is 11.2. The molecule has 0 saturated heterocycles. The quantitative estimate of drug-likeness (QED) is 0.883. The molecule has 0 aliphatic rings. The van der Waals surface area contributed by atoms with Gasteiger partial charge in [0.15, 0.2) is 0 Å². The van der Waals surface area contributed by atoms with Crippen LogP contribution in [0.15, 0.2) is 39.7 Å². The Balaban J connectivity index is 2.43. The molecule has 0 spiro atoms. The van der Waals surface area contributed by atoms with E-state index in [-0.39, 0.29) is 12.2 Å². The number of aromatic amines is 1. The summed E-state index contributed by atoms with van der Waals surface area (Å²) in [6, 6.07) is 7.19. The van der Waals surface area contributed by atoms with Crippen molar-refractivity contribution in [3.63, 3.8) is 0 Å². The van der Waals surface area contributed by atoms with E-state index in [1.54, 1.807) is 25.1 Å². The maximum Gasteiger partial charge on any atom is 0.345 e. The predicted octanol–water partition coefficient (Wildman–Crippen LogP) is 2.10.